The van der Waals surface area contributed by atoms with Crippen LogP contribution >= 0.6 is 12.2 Å². The Morgan fingerprint density at radius 2 is 1.60 bits per heavy atom. The van der Waals surface area contributed by atoms with Gasteiger partial charge in [-0.3, -0.25) is 0 Å². The van der Waals surface area contributed by atoms with Gasteiger partial charge in [0.1, 0.15) is 11.5 Å². The third-order valence-electron chi connectivity index (χ3n) is 3.48. The van der Waals surface area contributed by atoms with Gasteiger partial charge in [0.05, 0.1) is 6.04 Å². The van der Waals surface area contributed by atoms with Gasteiger partial charge in [-0.1, -0.05) is 36.4 Å². The summed E-state index contributed by atoms with van der Waals surface area (Å²) in [6.45, 7) is 0. The normalized spacial score (nSPS) is 12.9. The van der Waals surface area contributed by atoms with Crippen LogP contribution in [-0.2, 0) is 0 Å². The zero-order chi connectivity index (χ0) is 14.1. The maximum atomic E-state index is 5.95. The molecule has 0 bridgehead atoms. The summed E-state index contributed by atoms with van der Waals surface area (Å²) in [5.41, 5.74) is 4.69. The van der Waals surface area contributed by atoms with Gasteiger partial charge in [0.2, 0.25) is 0 Å². The maximum Gasteiger partial charge on any atom is 0.183 e. The molecular weight excluding hydrogens is 270 g/mol. The second-order valence-corrected chi connectivity index (χ2v) is 5.03. The Labute approximate surface area is 123 Å². The Balaban J connectivity index is 2.15. The molecule has 0 aromatic heterocycles. The lowest BCUT2D eigenvalue weighted by Gasteiger charge is -2.35. The molecule has 0 fully saturated rings. The molecule has 1 aliphatic heterocycles. The van der Waals surface area contributed by atoms with E-state index in [0.717, 1.165) is 22.6 Å². The quantitative estimate of drug-likeness (QED) is 0.479. The third-order valence-corrected chi connectivity index (χ3v) is 3.88. The highest BCUT2D eigenvalue weighted by atomic mass is 32.1. The maximum absolute atomic E-state index is 5.95. The lowest BCUT2D eigenvalue weighted by atomic mass is 9.94. The molecule has 0 atom stereocenters. The number of rotatable bonds is 1. The lowest BCUT2D eigenvalue weighted by Crippen LogP contribution is -2.43. The first kappa shape index (κ1) is 12.9. The highest BCUT2D eigenvalue weighted by molar-refractivity contribution is 7.80. The van der Waals surface area contributed by atoms with Gasteiger partial charge in [-0.15, -0.1) is 0 Å². The monoisotopic (exact) mass is 285 g/mol. The van der Waals surface area contributed by atoms with Crippen LogP contribution in [0.3, 0.4) is 0 Å². The molecule has 5 heteroatoms. The molecule has 3 rings (SSSR count). The van der Waals surface area contributed by atoms with Crippen molar-refractivity contribution in [1.29, 1.82) is 0 Å². The minimum absolute atomic E-state index is 0.0142. The van der Waals surface area contributed by atoms with Crippen LogP contribution in [-0.4, -0.2) is 17.1 Å². The van der Waals surface area contributed by atoms with Crippen LogP contribution in [0.25, 0.3) is 0 Å². The molecule has 102 valence electrons. The molecule has 1 aliphatic rings. The Bertz CT molecular complexity index is 614. The first-order chi connectivity index (χ1) is 9.72. The van der Waals surface area contributed by atoms with Crippen molar-refractivity contribution in [3.8, 4) is 11.5 Å². The van der Waals surface area contributed by atoms with Crippen LogP contribution in [0.15, 0.2) is 48.5 Å². The summed E-state index contributed by atoms with van der Waals surface area (Å²) >= 11 is 5.27. The second kappa shape index (κ2) is 5.11. The fraction of sp³-hybridized carbons (Fsp3) is 0.133. The average molecular weight is 285 g/mol. The topological polar surface area (TPSA) is 50.5 Å². The smallest absolute Gasteiger partial charge is 0.183 e. The van der Waals surface area contributed by atoms with Crippen molar-refractivity contribution in [3.05, 3.63) is 59.7 Å². The highest BCUT2D eigenvalue weighted by Crippen LogP contribution is 2.44. The summed E-state index contributed by atoms with van der Waals surface area (Å²) < 4.78 is 5.95. The van der Waals surface area contributed by atoms with E-state index in [1.807, 2.05) is 60.5 Å². The molecule has 2 aromatic carbocycles. The fourth-order valence-corrected chi connectivity index (χ4v) is 2.63. The zero-order valence-electron chi connectivity index (χ0n) is 11.0. The van der Waals surface area contributed by atoms with Crippen molar-refractivity contribution in [3.63, 3.8) is 0 Å². The number of hydrogen-bond donors (Lipinski definition) is 2. The molecule has 20 heavy (non-hydrogen) atoms. The minimum Gasteiger partial charge on any atom is -0.457 e. The molecule has 4 nitrogen and oxygen atoms in total. The minimum atomic E-state index is -0.0142. The number of ether oxygens (including phenoxy) is 1. The van der Waals surface area contributed by atoms with Crippen LogP contribution in [0.1, 0.15) is 17.2 Å². The number of para-hydroxylation sites is 2. The number of hydrazine groups is 1. The molecule has 0 amide bonds. The Morgan fingerprint density at radius 3 is 2.10 bits per heavy atom. The first-order valence-corrected chi connectivity index (χ1v) is 6.72. The summed E-state index contributed by atoms with van der Waals surface area (Å²) in [6.07, 6.45) is 0. The number of thiocarbonyl (C=S) groups is 1. The van der Waals surface area contributed by atoms with E-state index >= 15 is 0 Å². The summed E-state index contributed by atoms with van der Waals surface area (Å²) in [7, 11) is 1.92. The van der Waals surface area contributed by atoms with Crippen LogP contribution in [0.5, 0.6) is 11.5 Å². The summed E-state index contributed by atoms with van der Waals surface area (Å²) in [5, 5.41) is 0.488. The molecule has 0 saturated heterocycles. The van der Waals surface area contributed by atoms with Crippen molar-refractivity contribution >= 4 is 17.3 Å². The predicted molar refractivity (Wildman–Crippen MR) is 82.5 cm³/mol. The van der Waals surface area contributed by atoms with Gasteiger partial charge < -0.3 is 15.1 Å². The third kappa shape index (κ3) is 2.01. The van der Waals surface area contributed by atoms with Gasteiger partial charge in [-0.25, -0.2) is 5.84 Å². The number of nitrogens with one attached hydrogen (secondary N) is 1. The van der Waals surface area contributed by atoms with Gasteiger partial charge in [-0.05, 0) is 24.4 Å². The van der Waals surface area contributed by atoms with E-state index < -0.39 is 0 Å². The van der Waals surface area contributed by atoms with E-state index in [9.17, 15) is 0 Å². The van der Waals surface area contributed by atoms with Crippen molar-refractivity contribution in [1.82, 2.24) is 10.3 Å². The molecule has 0 aliphatic carbocycles. The number of benzene rings is 2. The SMILES string of the molecule is CN(C(=S)NN)C1c2ccccc2Oc2ccccc21. The zero-order valence-corrected chi connectivity index (χ0v) is 11.9. The largest absolute Gasteiger partial charge is 0.457 e. The van der Waals surface area contributed by atoms with Crippen molar-refractivity contribution in [2.75, 3.05) is 7.05 Å². The number of nitrogens with two attached hydrogens (primary N) is 1. The van der Waals surface area contributed by atoms with Crippen LogP contribution in [0.4, 0.5) is 0 Å². The number of nitrogens with zero attached hydrogens (tertiary/aromatic N) is 1. The average Bonchev–Trinajstić information content (AvgIpc) is 2.51. The molecule has 0 saturated carbocycles. The Morgan fingerprint density at radius 1 is 1.10 bits per heavy atom. The van der Waals surface area contributed by atoms with E-state index in [-0.39, 0.29) is 6.04 Å². The second-order valence-electron chi connectivity index (χ2n) is 4.64. The molecule has 0 unspecified atom stereocenters. The Kier molecular flexibility index (Phi) is 3.30. The summed E-state index contributed by atoms with van der Waals surface area (Å²) in [4.78, 5) is 1.94. The van der Waals surface area contributed by atoms with Gasteiger partial charge in [0.15, 0.2) is 5.11 Å². The molecule has 2 aromatic rings. The lowest BCUT2D eigenvalue weighted by molar-refractivity contribution is 0.362. The molecule has 0 spiro atoms. The highest BCUT2D eigenvalue weighted by Gasteiger charge is 2.30. The van der Waals surface area contributed by atoms with Crippen LogP contribution in [0.2, 0.25) is 0 Å². The van der Waals surface area contributed by atoms with E-state index in [4.69, 9.17) is 22.8 Å². The van der Waals surface area contributed by atoms with Crippen LogP contribution < -0.4 is 16.0 Å². The van der Waals surface area contributed by atoms with E-state index in [1.165, 1.54) is 0 Å². The first-order valence-electron chi connectivity index (χ1n) is 6.31. The van der Waals surface area contributed by atoms with Gasteiger partial charge in [-0.2, -0.15) is 0 Å². The van der Waals surface area contributed by atoms with Crippen molar-refractivity contribution < 1.29 is 4.74 Å². The van der Waals surface area contributed by atoms with E-state index in [2.05, 4.69) is 5.43 Å². The van der Waals surface area contributed by atoms with Gasteiger partial charge in [0, 0.05) is 18.2 Å². The predicted octanol–water partition coefficient (Wildman–Crippen LogP) is 2.56. The van der Waals surface area contributed by atoms with Crippen molar-refractivity contribution in [2.24, 2.45) is 5.84 Å². The Hall–Kier alpha value is -2.11. The van der Waals surface area contributed by atoms with Gasteiger partial charge >= 0.3 is 0 Å². The molecular formula is C15H15N3OS. The number of fused-ring (bicyclic) bond motifs is 2. The van der Waals surface area contributed by atoms with E-state index in [1.54, 1.807) is 0 Å². The molecule has 3 N–H and O–H groups in total. The molecule has 0 radical (unpaired) electrons. The van der Waals surface area contributed by atoms with Crippen LogP contribution in [0, 0.1) is 0 Å². The standard InChI is InChI=1S/C15H15N3OS/c1-18(15(20)17-16)14-10-6-2-4-8-12(10)19-13-9-5-3-7-11(13)14/h2-9,14H,16H2,1H3,(H,17,20). The number of hydrogen-bond acceptors (Lipinski definition) is 3. The summed E-state index contributed by atoms with van der Waals surface area (Å²) in [6, 6.07) is 15.9. The summed E-state index contributed by atoms with van der Waals surface area (Å²) in [5.74, 6) is 7.16. The fourth-order valence-electron chi connectivity index (χ4n) is 2.52. The van der Waals surface area contributed by atoms with Crippen molar-refractivity contribution in [2.45, 2.75) is 6.04 Å². The molecule has 1 heterocycles. The van der Waals surface area contributed by atoms with Gasteiger partial charge in [0.25, 0.3) is 0 Å². The van der Waals surface area contributed by atoms with E-state index in [0.29, 0.717) is 5.11 Å².